The van der Waals surface area contributed by atoms with Gasteiger partial charge in [0.1, 0.15) is 12.1 Å². The van der Waals surface area contributed by atoms with Crippen LogP contribution < -0.4 is 5.32 Å². The fraction of sp³-hybridized carbons (Fsp3) is 0.217. The summed E-state index contributed by atoms with van der Waals surface area (Å²) in [5.41, 5.74) is 2.68. The lowest BCUT2D eigenvalue weighted by molar-refractivity contribution is -0.139. The molecule has 3 N–H and O–H groups in total. The molecule has 0 aliphatic carbocycles. The fourth-order valence-corrected chi connectivity index (χ4v) is 4.08. The lowest BCUT2D eigenvalue weighted by Crippen LogP contribution is -2.40. The maximum atomic E-state index is 12.4. The number of thiophene rings is 1. The average molecular weight is 410 g/mol. The van der Waals surface area contributed by atoms with E-state index in [0.29, 0.717) is 22.6 Å². The minimum Gasteiger partial charge on any atom is -0.480 e. The van der Waals surface area contributed by atoms with Gasteiger partial charge in [0.25, 0.3) is 5.91 Å². The normalized spacial score (nSPS) is 12.9. The van der Waals surface area contributed by atoms with E-state index in [1.807, 2.05) is 61.5 Å². The van der Waals surface area contributed by atoms with Gasteiger partial charge in [0.05, 0.1) is 4.88 Å². The molecule has 150 valence electrons. The van der Waals surface area contributed by atoms with Crippen LogP contribution in [-0.2, 0) is 4.79 Å². The monoisotopic (exact) mass is 409 g/mol. The maximum Gasteiger partial charge on any atom is 0.326 e. The van der Waals surface area contributed by atoms with Gasteiger partial charge >= 0.3 is 5.97 Å². The zero-order valence-electron chi connectivity index (χ0n) is 16.0. The molecule has 0 aliphatic rings. The number of carbonyl (C=O) groups excluding carboxylic acids is 1. The summed E-state index contributed by atoms with van der Waals surface area (Å²) >= 11 is 1.16. The molecule has 6 heteroatoms. The van der Waals surface area contributed by atoms with Crippen molar-refractivity contribution in [2.75, 3.05) is 0 Å². The molecule has 1 aromatic heterocycles. The number of carboxylic acid groups (broad SMARTS) is 1. The number of hydrogen-bond acceptors (Lipinski definition) is 4. The predicted octanol–water partition coefficient (Wildman–Crippen LogP) is 4.48. The Morgan fingerprint density at radius 2 is 1.69 bits per heavy atom. The van der Waals surface area contributed by atoms with Gasteiger partial charge in [0, 0.05) is 4.88 Å². The van der Waals surface area contributed by atoms with E-state index < -0.39 is 24.0 Å². The average Bonchev–Trinajstić information content (AvgIpc) is 3.24. The molecular formula is C23H23NO4S. The van der Waals surface area contributed by atoms with Crippen molar-refractivity contribution in [1.29, 1.82) is 0 Å². The molecule has 0 spiro atoms. The standard InChI is InChI=1S/C23H23NO4S/c1-2-8-18(23(27)28)24-22(26)20-14-13-19(29-20)21(25)17-12-7-6-11-16(17)15-9-4-3-5-10-15/h3-7,9-14,18,21,25H,2,8H2,1H3,(H,24,26)(H,27,28). The van der Waals surface area contributed by atoms with Gasteiger partial charge in [-0.25, -0.2) is 4.79 Å². The highest BCUT2D eigenvalue weighted by Crippen LogP contribution is 2.34. The zero-order valence-corrected chi connectivity index (χ0v) is 16.9. The Bertz CT molecular complexity index is 983. The number of hydrogen-bond donors (Lipinski definition) is 3. The molecule has 3 rings (SSSR count). The quantitative estimate of drug-likeness (QED) is 0.512. The molecule has 1 amide bonds. The third kappa shape index (κ3) is 4.91. The van der Waals surface area contributed by atoms with Crippen LogP contribution in [0.1, 0.15) is 46.0 Å². The highest BCUT2D eigenvalue weighted by molar-refractivity contribution is 7.14. The number of rotatable bonds is 8. The summed E-state index contributed by atoms with van der Waals surface area (Å²) in [5.74, 6) is -1.49. The van der Waals surface area contributed by atoms with Crippen LogP contribution in [0.2, 0.25) is 0 Å². The van der Waals surface area contributed by atoms with Gasteiger partial charge in [-0.2, -0.15) is 0 Å². The Balaban J connectivity index is 1.83. The predicted molar refractivity (Wildman–Crippen MR) is 114 cm³/mol. The van der Waals surface area contributed by atoms with Crippen molar-refractivity contribution in [3.63, 3.8) is 0 Å². The Morgan fingerprint density at radius 1 is 1.00 bits per heavy atom. The molecule has 29 heavy (non-hydrogen) atoms. The number of carboxylic acids is 1. The molecule has 3 aromatic rings. The van der Waals surface area contributed by atoms with Crippen molar-refractivity contribution in [3.05, 3.63) is 82.0 Å². The highest BCUT2D eigenvalue weighted by atomic mass is 32.1. The van der Waals surface area contributed by atoms with Gasteiger partial charge in [-0.05, 0) is 35.2 Å². The van der Waals surface area contributed by atoms with E-state index in [-0.39, 0.29) is 0 Å². The van der Waals surface area contributed by atoms with Gasteiger partial charge in [-0.3, -0.25) is 4.79 Å². The Morgan fingerprint density at radius 3 is 2.38 bits per heavy atom. The molecule has 2 atom stereocenters. The van der Waals surface area contributed by atoms with E-state index in [4.69, 9.17) is 0 Å². The number of amides is 1. The largest absolute Gasteiger partial charge is 0.480 e. The summed E-state index contributed by atoms with van der Waals surface area (Å²) in [6.07, 6.45) is 0.137. The maximum absolute atomic E-state index is 12.4. The van der Waals surface area contributed by atoms with Gasteiger partial charge < -0.3 is 15.5 Å². The Hall–Kier alpha value is -2.96. The smallest absolute Gasteiger partial charge is 0.326 e. The summed E-state index contributed by atoms with van der Waals surface area (Å²) in [5, 5.41) is 22.8. The fourth-order valence-electron chi connectivity index (χ4n) is 3.17. The SMILES string of the molecule is CCCC(NC(=O)c1ccc(C(O)c2ccccc2-c2ccccc2)s1)C(=O)O. The molecule has 2 aromatic carbocycles. The van der Waals surface area contributed by atoms with Crippen molar-refractivity contribution in [2.45, 2.75) is 31.9 Å². The van der Waals surface area contributed by atoms with Crippen LogP contribution in [0.3, 0.4) is 0 Å². The zero-order chi connectivity index (χ0) is 20.8. The third-order valence-corrected chi connectivity index (χ3v) is 5.78. The molecular weight excluding hydrogens is 386 g/mol. The summed E-state index contributed by atoms with van der Waals surface area (Å²) in [7, 11) is 0. The van der Waals surface area contributed by atoms with Crippen LogP contribution in [0.15, 0.2) is 66.7 Å². The van der Waals surface area contributed by atoms with Gasteiger partial charge in [0.2, 0.25) is 0 Å². The summed E-state index contributed by atoms with van der Waals surface area (Å²) in [4.78, 5) is 24.7. The second-order valence-electron chi connectivity index (χ2n) is 6.71. The second kappa shape index (κ2) is 9.49. The van der Waals surface area contributed by atoms with Crippen LogP contribution in [0.4, 0.5) is 0 Å². The molecule has 0 bridgehead atoms. The van der Waals surface area contributed by atoms with Gasteiger partial charge in [-0.15, -0.1) is 11.3 Å². The second-order valence-corrected chi connectivity index (χ2v) is 7.83. The number of nitrogens with one attached hydrogen (secondary N) is 1. The van der Waals surface area contributed by atoms with Crippen LogP contribution in [-0.4, -0.2) is 28.1 Å². The van der Waals surface area contributed by atoms with Crippen LogP contribution in [0, 0.1) is 0 Å². The molecule has 0 saturated carbocycles. The van der Waals surface area contributed by atoms with Crippen LogP contribution >= 0.6 is 11.3 Å². The number of benzene rings is 2. The molecule has 5 nitrogen and oxygen atoms in total. The lowest BCUT2D eigenvalue weighted by Gasteiger charge is -2.15. The van der Waals surface area contributed by atoms with E-state index in [9.17, 15) is 19.8 Å². The summed E-state index contributed by atoms with van der Waals surface area (Å²) < 4.78 is 0. The van der Waals surface area contributed by atoms with E-state index in [1.165, 1.54) is 0 Å². The first-order valence-corrected chi connectivity index (χ1v) is 10.3. The molecule has 1 heterocycles. The number of aliphatic hydroxyl groups excluding tert-OH is 1. The molecule has 0 saturated heterocycles. The van der Waals surface area contributed by atoms with Crippen molar-refractivity contribution >= 4 is 23.2 Å². The number of carbonyl (C=O) groups is 2. The molecule has 0 aliphatic heterocycles. The van der Waals surface area contributed by atoms with Crippen molar-refractivity contribution in [1.82, 2.24) is 5.32 Å². The van der Waals surface area contributed by atoms with E-state index in [1.54, 1.807) is 12.1 Å². The third-order valence-electron chi connectivity index (χ3n) is 4.64. The van der Waals surface area contributed by atoms with Crippen LogP contribution in [0.25, 0.3) is 11.1 Å². The summed E-state index contributed by atoms with van der Waals surface area (Å²) in [6.45, 7) is 1.87. The first-order chi connectivity index (χ1) is 14.0. The molecule has 0 fully saturated rings. The van der Waals surface area contributed by atoms with E-state index >= 15 is 0 Å². The first kappa shape index (κ1) is 20.8. The first-order valence-electron chi connectivity index (χ1n) is 9.47. The lowest BCUT2D eigenvalue weighted by atomic mass is 9.95. The molecule has 2 unspecified atom stereocenters. The molecule has 0 radical (unpaired) electrons. The minimum atomic E-state index is -1.05. The van der Waals surface area contributed by atoms with Crippen LogP contribution in [0.5, 0.6) is 0 Å². The minimum absolute atomic E-state index is 0.367. The van der Waals surface area contributed by atoms with Crippen molar-refractivity contribution in [3.8, 4) is 11.1 Å². The highest BCUT2D eigenvalue weighted by Gasteiger charge is 2.22. The number of aliphatic carboxylic acids is 1. The van der Waals surface area contributed by atoms with E-state index in [0.717, 1.165) is 28.0 Å². The topological polar surface area (TPSA) is 86.6 Å². The van der Waals surface area contributed by atoms with E-state index in [2.05, 4.69) is 5.32 Å². The number of aliphatic hydroxyl groups is 1. The Labute approximate surface area is 173 Å². The van der Waals surface area contributed by atoms with Crippen molar-refractivity contribution in [2.24, 2.45) is 0 Å². The summed E-state index contributed by atoms with van der Waals surface area (Å²) in [6, 6.07) is 19.8. The van der Waals surface area contributed by atoms with Gasteiger partial charge in [-0.1, -0.05) is 67.9 Å². The Kier molecular flexibility index (Phi) is 6.80. The van der Waals surface area contributed by atoms with Crippen molar-refractivity contribution < 1.29 is 19.8 Å². The van der Waals surface area contributed by atoms with Gasteiger partial charge in [0.15, 0.2) is 0 Å².